The summed E-state index contributed by atoms with van der Waals surface area (Å²) in [4.78, 5) is 55.1. The number of guanidine groups is 1. The SMILES string of the molecule is NCCCN=C(N)N1Cc2ccc(OCCO/N=C(\C(=O)C[C@@H]3C(=O)N(S(=O)(=O)O)[C@@H]3CN3CCOC3=O)c3csc(N)n3)cc2C1. The van der Waals surface area contributed by atoms with Crippen molar-refractivity contribution >= 4 is 56.2 Å². The molecule has 47 heavy (non-hydrogen) atoms. The van der Waals surface area contributed by atoms with Crippen molar-refractivity contribution in [2.75, 3.05) is 51.7 Å². The first-order valence-corrected chi connectivity index (χ1v) is 16.9. The standard InChI is InChI=1S/C27H35N9O9S2/c28-4-1-5-31-25(29)35-12-16-2-3-18(10-17(16)13-35)43-8-9-45-33-23(20-15-46-26(30)32-20)22(37)11-19-21(14-34-6-7-44-27(34)39)36(24(19)38)47(40,41)42/h2-3,10,15,19,21H,1,4-9,11-14,28H2,(H2,29,31)(H2,30,32)(H,40,41,42)/b33-23-/t19-,21+/m0/s1. The number of hydrogen-bond donors (Lipinski definition) is 4. The number of carbonyl (C=O) groups excluding carboxylic acids is 3. The Kier molecular flexibility index (Phi) is 10.4. The van der Waals surface area contributed by atoms with E-state index in [9.17, 15) is 27.4 Å². The number of amides is 2. The Balaban J connectivity index is 1.19. The second-order valence-electron chi connectivity index (χ2n) is 10.8. The fraction of sp³-hybridized carbons (Fsp3) is 0.481. The Hall–Kier alpha value is -4.53. The molecule has 1 aromatic heterocycles. The number of β-lactam (4-membered cyclic amide) rings is 1. The fourth-order valence-corrected chi connectivity index (χ4v) is 6.81. The number of aliphatic imine (C=N–C) groups is 1. The summed E-state index contributed by atoms with van der Waals surface area (Å²) in [7, 11) is -4.94. The molecule has 0 spiro atoms. The van der Waals surface area contributed by atoms with Crippen molar-refractivity contribution in [3.63, 3.8) is 0 Å². The molecule has 3 aliphatic heterocycles. The molecular formula is C27H35N9O9S2. The number of fused-ring (bicyclic) bond motifs is 1. The first-order chi connectivity index (χ1) is 22.5. The van der Waals surface area contributed by atoms with Gasteiger partial charge in [-0.05, 0) is 36.2 Å². The van der Waals surface area contributed by atoms with Gasteiger partial charge in [-0.1, -0.05) is 11.2 Å². The van der Waals surface area contributed by atoms with Crippen molar-refractivity contribution < 1.29 is 41.7 Å². The van der Waals surface area contributed by atoms with Gasteiger partial charge in [0, 0.05) is 38.0 Å². The number of oxime groups is 1. The van der Waals surface area contributed by atoms with Crippen LogP contribution in [0, 0.1) is 5.92 Å². The summed E-state index contributed by atoms with van der Waals surface area (Å²) in [5, 5.41) is 5.60. The van der Waals surface area contributed by atoms with E-state index >= 15 is 0 Å². The Bertz CT molecular complexity index is 1680. The average molecular weight is 694 g/mol. The fourth-order valence-electron chi connectivity index (χ4n) is 5.35. The molecule has 4 heterocycles. The Morgan fingerprint density at radius 2 is 2.00 bits per heavy atom. The zero-order valence-electron chi connectivity index (χ0n) is 25.2. The lowest BCUT2D eigenvalue weighted by atomic mass is 9.84. The zero-order valence-corrected chi connectivity index (χ0v) is 26.8. The number of rotatable bonds is 15. The Morgan fingerprint density at radius 1 is 1.21 bits per heavy atom. The summed E-state index contributed by atoms with van der Waals surface area (Å²) in [5.74, 6) is -1.80. The van der Waals surface area contributed by atoms with Crippen LogP contribution < -0.4 is 21.9 Å². The summed E-state index contributed by atoms with van der Waals surface area (Å²) in [5.41, 5.74) is 19.4. The topological polar surface area (TPSA) is 259 Å². The number of hydrogen-bond acceptors (Lipinski definition) is 14. The van der Waals surface area contributed by atoms with Crippen LogP contribution in [-0.2, 0) is 42.6 Å². The van der Waals surface area contributed by atoms with Crippen molar-refractivity contribution in [2.24, 2.45) is 27.5 Å². The summed E-state index contributed by atoms with van der Waals surface area (Å²) in [6.45, 7) is 2.34. The molecule has 0 saturated carbocycles. The molecule has 2 aromatic rings. The van der Waals surface area contributed by atoms with Gasteiger partial charge in [0.2, 0.25) is 5.91 Å². The van der Waals surface area contributed by atoms with Crippen LogP contribution in [0.3, 0.4) is 0 Å². The molecule has 2 amide bonds. The quantitative estimate of drug-likeness (QED) is 0.0460. The predicted octanol–water partition coefficient (Wildman–Crippen LogP) is -0.455. The van der Waals surface area contributed by atoms with Crippen molar-refractivity contribution in [3.05, 3.63) is 40.4 Å². The number of thiazole rings is 1. The van der Waals surface area contributed by atoms with Crippen LogP contribution in [0.4, 0.5) is 9.93 Å². The van der Waals surface area contributed by atoms with Gasteiger partial charge in [0.1, 0.15) is 24.7 Å². The molecule has 2 atom stereocenters. The van der Waals surface area contributed by atoms with Gasteiger partial charge in [0.05, 0.1) is 18.5 Å². The highest BCUT2D eigenvalue weighted by atomic mass is 32.2. The van der Waals surface area contributed by atoms with Crippen LogP contribution in [0.15, 0.2) is 33.7 Å². The van der Waals surface area contributed by atoms with Gasteiger partial charge >= 0.3 is 16.4 Å². The summed E-state index contributed by atoms with van der Waals surface area (Å²) >= 11 is 1.06. The molecule has 0 bridgehead atoms. The molecule has 0 aliphatic carbocycles. The first kappa shape index (κ1) is 33.8. The zero-order chi connectivity index (χ0) is 33.7. The Morgan fingerprint density at radius 3 is 2.68 bits per heavy atom. The minimum Gasteiger partial charge on any atom is -0.490 e. The van der Waals surface area contributed by atoms with E-state index in [1.165, 1.54) is 10.3 Å². The number of cyclic esters (lactones) is 1. The van der Waals surface area contributed by atoms with Crippen molar-refractivity contribution in [2.45, 2.75) is 32.0 Å². The lowest BCUT2D eigenvalue weighted by Crippen LogP contribution is -2.66. The minimum atomic E-state index is -4.94. The van der Waals surface area contributed by atoms with E-state index in [0.717, 1.165) is 28.9 Å². The molecule has 1 aromatic carbocycles. The molecular weight excluding hydrogens is 658 g/mol. The highest BCUT2D eigenvalue weighted by Crippen LogP contribution is 2.34. The maximum Gasteiger partial charge on any atom is 0.410 e. The van der Waals surface area contributed by atoms with Gasteiger partial charge in [-0.25, -0.2) is 14.1 Å². The Labute approximate surface area is 274 Å². The predicted molar refractivity (Wildman–Crippen MR) is 169 cm³/mol. The third kappa shape index (κ3) is 7.89. The second kappa shape index (κ2) is 14.5. The van der Waals surface area contributed by atoms with Gasteiger partial charge in [-0.15, -0.1) is 11.3 Å². The second-order valence-corrected chi connectivity index (χ2v) is 13.0. The van der Waals surface area contributed by atoms with E-state index in [1.807, 2.05) is 23.1 Å². The summed E-state index contributed by atoms with van der Waals surface area (Å²) in [6, 6.07) is 4.49. The third-order valence-electron chi connectivity index (χ3n) is 7.69. The van der Waals surface area contributed by atoms with Crippen LogP contribution in [0.25, 0.3) is 0 Å². The third-order valence-corrected chi connectivity index (χ3v) is 9.32. The monoisotopic (exact) mass is 693 g/mol. The molecule has 5 rings (SSSR count). The lowest BCUT2D eigenvalue weighted by Gasteiger charge is -2.45. The van der Waals surface area contributed by atoms with E-state index in [4.69, 9.17) is 31.5 Å². The number of nitrogen functional groups attached to an aromatic ring is 1. The number of nitrogens with zero attached hydrogens (tertiary/aromatic N) is 6. The maximum absolute atomic E-state index is 13.4. The van der Waals surface area contributed by atoms with Crippen molar-refractivity contribution in [1.29, 1.82) is 0 Å². The average Bonchev–Trinajstić information content (AvgIpc) is 3.76. The van der Waals surface area contributed by atoms with Crippen LogP contribution in [0.5, 0.6) is 5.75 Å². The number of benzene rings is 1. The number of Topliss-reactive ketones (excluding diaryl/α,β-unsaturated/α-hetero) is 1. The molecule has 2 fully saturated rings. The van der Waals surface area contributed by atoms with E-state index < -0.39 is 46.5 Å². The molecule has 0 radical (unpaired) electrons. The maximum atomic E-state index is 13.4. The van der Waals surface area contributed by atoms with Crippen LogP contribution in [-0.4, -0.2) is 114 Å². The number of ketones is 1. The number of anilines is 1. The molecule has 2 saturated heterocycles. The van der Waals surface area contributed by atoms with Crippen molar-refractivity contribution in [3.8, 4) is 5.75 Å². The van der Waals surface area contributed by atoms with E-state index in [2.05, 4.69) is 15.1 Å². The van der Waals surface area contributed by atoms with Crippen LogP contribution in [0.1, 0.15) is 29.7 Å². The van der Waals surface area contributed by atoms with E-state index in [1.54, 1.807) is 0 Å². The van der Waals surface area contributed by atoms with Gasteiger partial charge < -0.3 is 41.3 Å². The lowest BCUT2D eigenvalue weighted by molar-refractivity contribution is -0.149. The molecule has 7 N–H and O–H groups in total. The minimum absolute atomic E-state index is 0.0566. The molecule has 0 unspecified atom stereocenters. The van der Waals surface area contributed by atoms with Crippen molar-refractivity contribution in [1.82, 2.24) is 19.1 Å². The van der Waals surface area contributed by atoms with Gasteiger partial charge in [0.15, 0.2) is 29.2 Å². The van der Waals surface area contributed by atoms with Crippen LogP contribution in [0.2, 0.25) is 0 Å². The number of ether oxygens (including phenoxy) is 2. The van der Waals surface area contributed by atoms with E-state index in [-0.39, 0.29) is 53.8 Å². The van der Waals surface area contributed by atoms with Gasteiger partial charge in [0.25, 0.3) is 0 Å². The van der Waals surface area contributed by atoms with Gasteiger partial charge in [-0.3, -0.25) is 19.1 Å². The molecule has 3 aliphatic rings. The molecule has 254 valence electrons. The number of aromatic nitrogens is 1. The first-order valence-electron chi connectivity index (χ1n) is 14.6. The normalized spacial score (nSPS) is 19.9. The number of nitrogens with two attached hydrogens (primary N) is 3. The largest absolute Gasteiger partial charge is 0.490 e. The highest BCUT2D eigenvalue weighted by Gasteiger charge is 2.55. The van der Waals surface area contributed by atoms with Gasteiger partial charge in [-0.2, -0.15) is 8.42 Å². The highest BCUT2D eigenvalue weighted by molar-refractivity contribution is 7.84. The van der Waals surface area contributed by atoms with E-state index in [0.29, 0.717) is 37.9 Å². The van der Waals surface area contributed by atoms with Crippen LogP contribution >= 0.6 is 11.3 Å². The molecule has 18 nitrogen and oxygen atoms in total. The summed E-state index contributed by atoms with van der Waals surface area (Å²) < 4.78 is 44.3. The smallest absolute Gasteiger partial charge is 0.410 e. The number of carbonyl (C=O) groups is 3. The summed E-state index contributed by atoms with van der Waals surface area (Å²) in [6.07, 6.45) is -0.438. The molecule has 20 heteroatoms.